The Morgan fingerprint density at radius 1 is 0.964 bits per heavy atom. The van der Waals surface area contributed by atoms with Crippen molar-refractivity contribution in [3.8, 4) is 16.9 Å². The Morgan fingerprint density at radius 3 is 2.36 bits per heavy atom. The van der Waals surface area contributed by atoms with Gasteiger partial charge in [0.25, 0.3) is 11.7 Å². The normalized spacial score (nSPS) is 15.0. The summed E-state index contributed by atoms with van der Waals surface area (Å²) >= 11 is 0. The molecule has 0 saturated carbocycles. The van der Waals surface area contributed by atoms with E-state index in [1.165, 1.54) is 0 Å². The zero-order valence-electron chi connectivity index (χ0n) is 16.1. The number of nitrogens with zero attached hydrogens (tertiary/aromatic N) is 3. The van der Waals surface area contributed by atoms with Crippen molar-refractivity contribution in [1.29, 1.82) is 0 Å². The molecule has 144 valence electrons. The summed E-state index contributed by atoms with van der Waals surface area (Å²) in [6.45, 7) is 2.70. The Bertz CT molecular complexity index is 1020. The molecule has 0 bridgehead atoms. The lowest BCUT2D eigenvalue weighted by Crippen LogP contribution is -2.49. The lowest BCUT2D eigenvalue weighted by Gasteiger charge is -2.31. The second-order valence-corrected chi connectivity index (χ2v) is 7.06. The van der Waals surface area contributed by atoms with Crippen molar-refractivity contribution >= 4 is 17.2 Å². The predicted molar refractivity (Wildman–Crippen MR) is 108 cm³/mol. The Kier molecular flexibility index (Phi) is 4.88. The fourth-order valence-corrected chi connectivity index (χ4v) is 3.60. The molecule has 3 aromatic rings. The minimum Gasteiger partial charge on any atom is -0.497 e. The number of benzene rings is 1. The van der Waals surface area contributed by atoms with Crippen LogP contribution in [-0.4, -0.2) is 66.2 Å². The van der Waals surface area contributed by atoms with Gasteiger partial charge in [-0.1, -0.05) is 18.2 Å². The van der Waals surface area contributed by atoms with Crippen LogP contribution in [-0.2, 0) is 4.79 Å². The number of aromatic nitrogens is 1. The van der Waals surface area contributed by atoms with Crippen LogP contribution in [0, 0.1) is 0 Å². The third-order valence-electron chi connectivity index (χ3n) is 5.28. The van der Waals surface area contributed by atoms with Gasteiger partial charge in [-0.3, -0.25) is 9.59 Å². The molecule has 0 radical (unpaired) electrons. The molecule has 1 aliphatic heterocycles. The maximum Gasteiger partial charge on any atom is 0.296 e. The van der Waals surface area contributed by atoms with E-state index in [1.807, 2.05) is 61.8 Å². The number of ether oxygens (including phenoxy) is 1. The lowest BCUT2D eigenvalue weighted by atomic mass is 10.0. The fraction of sp³-hybridized carbons (Fsp3) is 0.273. The van der Waals surface area contributed by atoms with Crippen molar-refractivity contribution in [2.24, 2.45) is 0 Å². The number of piperazine rings is 1. The molecule has 6 heteroatoms. The average Bonchev–Trinajstić information content (AvgIpc) is 3.13. The smallest absolute Gasteiger partial charge is 0.296 e. The van der Waals surface area contributed by atoms with E-state index in [0.29, 0.717) is 18.8 Å². The van der Waals surface area contributed by atoms with Crippen molar-refractivity contribution < 1.29 is 14.3 Å². The molecule has 0 aliphatic carbocycles. The topological polar surface area (TPSA) is 54.3 Å². The first-order valence-corrected chi connectivity index (χ1v) is 9.35. The van der Waals surface area contributed by atoms with E-state index in [1.54, 1.807) is 16.4 Å². The summed E-state index contributed by atoms with van der Waals surface area (Å²) in [6, 6.07) is 15.2. The van der Waals surface area contributed by atoms with Gasteiger partial charge in [0.2, 0.25) is 0 Å². The van der Waals surface area contributed by atoms with Crippen LogP contribution in [0.3, 0.4) is 0 Å². The number of ketones is 1. The number of carbonyl (C=O) groups is 2. The standard InChI is InChI=1S/C22H23N3O3/c1-23-11-13-24(14-12-23)22(27)21(26)20-19(15-17-5-3-4-10-25(17)20)16-6-8-18(28-2)9-7-16/h3-10,15H,11-14H2,1-2H3. The van der Waals surface area contributed by atoms with E-state index < -0.39 is 11.7 Å². The average molecular weight is 377 g/mol. The molecule has 2 aromatic heterocycles. The van der Waals surface area contributed by atoms with Crippen LogP contribution in [0.4, 0.5) is 0 Å². The van der Waals surface area contributed by atoms with E-state index >= 15 is 0 Å². The molecule has 0 unspecified atom stereocenters. The van der Waals surface area contributed by atoms with Gasteiger partial charge in [0.05, 0.1) is 7.11 Å². The first kappa shape index (κ1) is 18.3. The van der Waals surface area contributed by atoms with Crippen LogP contribution in [0.25, 0.3) is 16.6 Å². The highest BCUT2D eigenvalue weighted by atomic mass is 16.5. The number of methoxy groups -OCH3 is 1. The monoisotopic (exact) mass is 377 g/mol. The zero-order chi connectivity index (χ0) is 19.7. The van der Waals surface area contributed by atoms with Gasteiger partial charge in [0, 0.05) is 43.5 Å². The highest BCUT2D eigenvalue weighted by Crippen LogP contribution is 2.30. The fourth-order valence-electron chi connectivity index (χ4n) is 3.60. The van der Waals surface area contributed by atoms with Crippen molar-refractivity contribution in [2.75, 3.05) is 40.3 Å². The van der Waals surface area contributed by atoms with Crippen molar-refractivity contribution in [3.63, 3.8) is 0 Å². The molecule has 1 aliphatic rings. The van der Waals surface area contributed by atoms with Gasteiger partial charge in [0.15, 0.2) is 0 Å². The molecule has 3 heterocycles. The summed E-state index contributed by atoms with van der Waals surface area (Å²) in [5, 5.41) is 0. The maximum absolute atomic E-state index is 13.3. The maximum atomic E-state index is 13.3. The van der Waals surface area contributed by atoms with Gasteiger partial charge in [-0.2, -0.15) is 0 Å². The molecule has 1 saturated heterocycles. The minimum absolute atomic E-state index is 0.407. The van der Waals surface area contributed by atoms with Gasteiger partial charge in [0.1, 0.15) is 11.4 Å². The van der Waals surface area contributed by atoms with Gasteiger partial charge >= 0.3 is 0 Å². The van der Waals surface area contributed by atoms with Crippen LogP contribution < -0.4 is 4.74 Å². The SMILES string of the molecule is COc1ccc(-c2cc3ccccn3c2C(=O)C(=O)N2CCN(C)CC2)cc1. The van der Waals surface area contributed by atoms with Crippen LogP contribution in [0.5, 0.6) is 5.75 Å². The molecule has 0 N–H and O–H groups in total. The molecular weight excluding hydrogens is 354 g/mol. The molecule has 1 amide bonds. The third kappa shape index (κ3) is 3.27. The van der Waals surface area contributed by atoms with Crippen LogP contribution >= 0.6 is 0 Å². The van der Waals surface area contributed by atoms with Crippen LogP contribution in [0.2, 0.25) is 0 Å². The molecule has 0 spiro atoms. The predicted octanol–water partition coefficient (Wildman–Crippen LogP) is 2.57. The molecule has 0 atom stereocenters. The Balaban J connectivity index is 1.76. The summed E-state index contributed by atoms with van der Waals surface area (Å²) in [4.78, 5) is 30.0. The molecule has 6 nitrogen and oxygen atoms in total. The first-order valence-electron chi connectivity index (χ1n) is 9.35. The summed E-state index contributed by atoms with van der Waals surface area (Å²) in [6.07, 6.45) is 1.83. The summed E-state index contributed by atoms with van der Waals surface area (Å²) in [5.41, 5.74) is 2.91. The van der Waals surface area contributed by atoms with Crippen molar-refractivity contribution in [2.45, 2.75) is 0 Å². The summed E-state index contributed by atoms with van der Waals surface area (Å²) in [5.74, 6) is -0.165. The number of pyridine rings is 1. The Labute approximate surface area is 163 Å². The second-order valence-electron chi connectivity index (χ2n) is 7.06. The van der Waals surface area contributed by atoms with Crippen molar-refractivity contribution in [3.05, 3.63) is 60.4 Å². The number of likely N-dealkylation sites (N-methyl/N-ethyl adjacent to an activating group) is 1. The minimum atomic E-state index is -0.471. The number of carbonyl (C=O) groups excluding carboxylic acids is 2. The van der Waals surface area contributed by atoms with Gasteiger partial charge < -0.3 is 18.9 Å². The van der Waals surface area contributed by atoms with E-state index in [-0.39, 0.29) is 0 Å². The zero-order valence-corrected chi connectivity index (χ0v) is 16.1. The number of hydrogen-bond acceptors (Lipinski definition) is 4. The highest BCUT2D eigenvalue weighted by Gasteiger charge is 2.30. The number of hydrogen-bond donors (Lipinski definition) is 0. The molecule has 1 fully saturated rings. The second kappa shape index (κ2) is 7.48. The third-order valence-corrected chi connectivity index (χ3v) is 5.28. The summed E-state index contributed by atoms with van der Waals surface area (Å²) < 4.78 is 7.03. The molecule has 1 aromatic carbocycles. The van der Waals surface area contributed by atoms with E-state index in [4.69, 9.17) is 4.74 Å². The van der Waals surface area contributed by atoms with E-state index in [2.05, 4.69) is 4.90 Å². The molecule has 4 rings (SSSR count). The van der Waals surface area contributed by atoms with Gasteiger partial charge in [-0.05, 0) is 42.9 Å². The molecule has 28 heavy (non-hydrogen) atoms. The summed E-state index contributed by atoms with van der Waals surface area (Å²) in [7, 11) is 3.64. The van der Waals surface area contributed by atoms with Gasteiger partial charge in [-0.25, -0.2) is 0 Å². The Hall–Kier alpha value is -3.12. The largest absolute Gasteiger partial charge is 0.497 e. The Morgan fingerprint density at radius 2 is 1.68 bits per heavy atom. The van der Waals surface area contributed by atoms with E-state index in [9.17, 15) is 9.59 Å². The van der Waals surface area contributed by atoms with E-state index in [0.717, 1.165) is 35.5 Å². The first-order chi connectivity index (χ1) is 13.6. The number of Topliss-reactive ketones (excluding diaryl/α,β-unsaturated/α-hetero) is 1. The number of amides is 1. The van der Waals surface area contributed by atoms with Crippen molar-refractivity contribution in [1.82, 2.24) is 14.2 Å². The van der Waals surface area contributed by atoms with Gasteiger partial charge in [-0.15, -0.1) is 0 Å². The number of fused-ring (bicyclic) bond motifs is 1. The van der Waals surface area contributed by atoms with Crippen LogP contribution in [0.1, 0.15) is 10.5 Å². The number of rotatable bonds is 4. The molecular formula is C22H23N3O3. The quantitative estimate of drug-likeness (QED) is 0.518. The van der Waals surface area contributed by atoms with Crippen LogP contribution in [0.15, 0.2) is 54.7 Å². The highest BCUT2D eigenvalue weighted by molar-refractivity contribution is 6.43. The lowest BCUT2D eigenvalue weighted by molar-refractivity contribution is -0.127.